The molecular weight excluding hydrogens is 537 g/mol. The normalized spacial score (nSPS) is 18.1. The number of nitrogens with zero attached hydrogens (tertiary/aromatic N) is 8. The number of anilines is 3. The molecule has 13 heteroatoms. The van der Waals surface area contributed by atoms with Crippen LogP contribution in [-0.2, 0) is 4.79 Å². The van der Waals surface area contributed by atoms with Gasteiger partial charge in [0, 0.05) is 25.4 Å². The van der Waals surface area contributed by atoms with Crippen LogP contribution in [0.3, 0.4) is 0 Å². The Labute approximate surface area is 231 Å². The number of nitrogens with one attached hydrogen (secondary N) is 1. The van der Waals surface area contributed by atoms with Gasteiger partial charge in [-0.3, -0.25) is 4.79 Å². The van der Waals surface area contributed by atoms with Crippen molar-refractivity contribution in [3.63, 3.8) is 0 Å². The van der Waals surface area contributed by atoms with E-state index in [1.807, 2.05) is 17.0 Å². The number of halogens is 2. The number of carbonyl (C=O) groups is 1. The number of pyridine rings is 2. The Morgan fingerprint density at radius 1 is 1.12 bits per heavy atom. The summed E-state index contributed by atoms with van der Waals surface area (Å²) in [5.41, 5.74) is 1.78. The first-order chi connectivity index (χ1) is 19.5. The van der Waals surface area contributed by atoms with Gasteiger partial charge in [0.1, 0.15) is 40.5 Å². The third-order valence-corrected chi connectivity index (χ3v) is 7.59. The first kappa shape index (κ1) is 24.2. The number of benzene rings is 1. The van der Waals surface area contributed by atoms with Crippen molar-refractivity contribution in [3.8, 4) is 11.5 Å². The molecule has 0 unspecified atom stereocenters. The van der Waals surface area contributed by atoms with Gasteiger partial charge in [0.05, 0.1) is 23.3 Å². The van der Waals surface area contributed by atoms with E-state index in [4.69, 9.17) is 21.3 Å². The van der Waals surface area contributed by atoms with Gasteiger partial charge < -0.3 is 19.9 Å². The van der Waals surface area contributed by atoms with Gasteiger partial charge in [-0.05, 0) is 42.8 Å². The molecule has 1 amide bonds. The number of ether oxygens (including phenoxy) is 1. The van der Waals surface area contributed by atoms with Gasteiger partial charge in [0.15, 0.2) is 17.3 Å². The van der Waals surface area contributed by atoms with Crippen LogP contribution in [0.5, 0.6) is 11.5 Å². The van der Waals surface area contributed by atoms with Crippen LogP contribution in [0.25, 0.3) is 16.7 Å². The maximum absolute atomic E-state index is 15.4. The van der Waals surface area contributed by atoms with Gasteiger partial charge in [-0.2, -0.15) is 5.10 Å². The molecule has 0 aliphatic carbocycles. The van der Waals surface area contributed by atoms with Crippen molar-refractivity contribution in [2.45, 2.75) is 18.5 Å². The third-order valence-electron chi connectivity index (χ3n) is 7.24. The molecule has 2 aliphatic rings. The van der Waals surface area contributed by atoms with E-state index in [9.17, 15) is 4.79 Å². The number of hydrogen-bond donors (Lipinski definition) is 1. The topological polar surface area (TPSA) is 114 Å². The monoisotopic (exact) mass is 557 g/mol. The number of amides is 1. The molecule has 6 heterocycles. The van der Waals surface area contributed by atoms with E-state index >= 15 is 4.39 Å². The summed E-state index contributed by atoms with van der Waals surface area (Å²) in [4.78, 5) is 33.8. The van der Waals surface area contributed by atoms with Crippen molar-refractivity contribution in [2.24, 2.45) is 0 Å². The minimum atomic E-state index is -0.700. The number of fused-ring (bicyclic) bond motifs is 4. The average Bonchev–Trinajstić information content (AvgIpc) is 3.72. The molecule has 2 aliphatic heterocycles. The first-order valence-electron chi connectivity index (χ1n) is 12.5. The second-order valence-corrected chi connectivity index (χ2v) is 9.92. The molecule has 2 fully saturated rings. The molecule has 0 radical (unpaired) electrons. The van der Waals surface area contributed by atoms with E-state index in [2.05, 4.69) is 36.8 Å². The Kier molecular flexibility index (Phi) is 5.70. The zero-order valence-electron chi connectivity index (χ0n) is 20.9. The summed E-state index contributed by atoms with van der Waals surface area (Å²) in [6.45, 7) is 4.90. The van der Waals surface area contributed by atoms with E-state index in [0.717, 1.165) is 12.2 Å². The highest BCUT2D eigenvalue weighted by Gasteiger charge is 2.45. The molecule has 2 saturated heterocycles. The number of likely N-dealkylation sites (tertiary alicyclic amines) is 1. The van der Waals surface area contributed by atoms with Crippen LogP contribution in [0, 0.1) is 5.82 Å². The molecule has 2 bridgehead atoms. The summed E-state index contributed by atoms with van der Waals surface area (Å²) in [5.74, 6) is 0.917. The number of piperazine rings is 1. The summed E-state index contributed by atoms with van der Waals surface area (Å²) >= 11 is 6.36. The number of rotatable bonds is 6. The Morgan fingerprint density at radius 2 is 2.02 bits per heavy atom. The molecule has 11 nitrogen and oxygen atoms in total. The largest absolute Gasteiger partial charge is 0.455 e. The zero-order chi connectivity index (χ0) is 27.4. The molecule has 7 rings (SSSR count). The first-order valence-corrected chi connectivity index (χ1v) is 12.9. The van der Waals surface area contributed by atoms with Crippen LogP contribution in [0.4, 0.5) is 21.7 Å². The summed E-state index contributed by atoms with van der Waals surface area (Å²) in [7, 11) is 0. The number of carbonyl (C=O) groups excluding carboxylic acids is 1. The van der Waals surface area contributed by atoms with E-state index in [1.54, 1.807) is 28.9 Å². The second kappa shape index (κ2) is 9.42. The Morgan fingerprint density at radius 3 is 2.85 bits per heavy atom. The van der Waals surface area contributed by atoms with Crippen LogP contribution >= 0.6 is 11.6 Å². The number of hydrogen-bond acceptors (Lipinski definition) is 9. The van der Waals surface area contributed by atoms with Crippen LogP contribution in [0.2, 0.25) is 5.02 Å². The molecule has 200 valence electrons. The van der Waals surface area contributed by atoms with Gasteiger partial charge in [-0.1, -0.05) is 18.2 Å². The zero-order valence-corrected chi connectivity index (χ0v) is 21.7. The Balaban J connectivity index is 1.15. The summed E-state index contributed by atoms with van der Waals surface area (Å²) in [6.07, 6.45) is 6.73. The van der Waals surface area contributed by atoms with E-state index in [1.165, 1.54) is 24.8 Å². The quantitative estimate of drug-likeness (QED) is 0.304. The predicted octanol–water partition coefficient (Wildman–Crippen LogP) is 4.37. The standard InChI is InChI=1S/C27H21ClFN9O2/c1-2-23(39)37-12-15-9-16(37)11-36(15)21-6-4-19-26(35-21)27(32-13-30-19)34-18-3-5-20(24(28)25(18)29)40-17-7-8-38-22(10-17)31-14-33-38/h2-8,10,13-16H,1,9,11-12H2,(H,30,32,34)/t15-,16-/m1/s1. The van der Waals surface area contributed by atoms with Crippen molar-refractivity contribution in [3.05, 3.63) is 78.7 Å². The molecule has 4 aromatic heterocycles. The lowest BCUT2D eigenvalue weighted by molar-refractivity contribution is -0.127. The van der Waals surface area contributed by atoms with Gasteiger partial charge in [0.25, 0.3) is 0 Å². The summed E-state index contributed by atoms with van der Waals surface area (Å²) < 4.78 is 22.8. The molecule has 1 aromatic carbocycles. The van der Waals surface area contributed by atoms with Gasteiger partial charge in [-0.25, -0.2) is 28.8 Å². The van der Waals surface area contributed by atoms with Gasteiger partial charge in [0.2, 0.25) is 5.91 Å². The molecule has 0 saturated carbocycles. The Hall–Kier alpha value is -4.84. The highest BCUT2D eigenvalue weighted by Crippen LogP contribution is 2.38. The van der Waals surface area contributed by atoms with Gasteiger partial charge in [-0.15, -0.1) is 0 Å². The van der Waals surface area contributed by atoms with Crippen LogP contribution in [0.15, 0.2) is 67.9 Å². The van der Waals surface area contributed by atoms with Crippen molar-refractivity contribution in [1.29, 1.82) is 0 Å². The lowest BCUT2D eigenvalue weighted by Crippen LogP contribution is -2.48. The number of aromatic nitrogens is 6. The lowest BCUT2D eigenvalue weighted by atomic mass is 10.2. The highest BCUT2D eigenvalue weighted by atomic mass is 35.5. The van der Waals surface area contributed by atoms with E-state index in [-0.39, 0.29) is 34.5 Å². The maximum Gasteiger partial charge on any atom is 0.246 e. The van der Waals surface area contributed by atoms with Crippen molar-refractivity contribution < 1.29 is 13.9 Å². The SMILES string of the molecule is C=CC(=O)N1C[C@H]2C[C@@H]1CN2c1ccc2ncnc(Nc3ccc(Oc4ccn5ncnc5c4)c(Cl)c3F)c2n1. The smallest absolute Gasteiger partial charge is 0.246 e. The highest BCUT2D eigenvalue weighted by molar-refractivity contribution is 6.32. The average molecular weight is 558 g/mol. The molecule has 2 atom stereocenters. The van der Waals surface area contributed by atoms with Crippen molar-refractivity contribution in [2.75, 3.05) is 23.3 Å². The summed E-state index contributed by atoms with van der Waals surface area (Å²) in [5, 5.41) is 6.87. The molecule has 40 heavy (non-hydrogen) atoms. The predicted molar refractivity (Wildman–Crippen MR) is 147 cm³/mol. The van der Waals surface area contributed by atoms with Crippen LogP contribution in [-0.4, -0.2) is 65.5 Å². The fraction of sp³-hybridized carbons (Fsp3) is 0.185. The van der Waals surface area contributed by atoms with E-state index in [0.29, 0.717) is 41.3 Å². The lowest BCUT2D eigenvalue weighted by Gasteiger charge is -2.34. The van der Waals surface area contributed by atoms with Crippen LogP contribution < -0.4 is 15.0 Å². The third kappa shape index (κ3) is 4.04. The van der Waals surface area contributed by atoms with Crippen LogP contribution in [0.1, 0.15) is 6.42 Å². The maximum atomic E-state index is 15.4. The van der Waals surface area contributed by atoms with Crippen molar-refractivity contribution in [1.82, 2.24) is 34.4 Å². The Bertz CT molecular complexity index is 1810. The fourth-order valence-electron chi connectivity index (χ4n) is 5.34. The fourth-order valence-corrected chi connectivity index (χ4v) is 5.54. The molecular formula is C27H21ClFN9O2. The summed E-state index contributed by atoms with van der Waals surface area (Å²) in [6, 6.07) is 10.5. The molecule has 1 N–H and O–H groups in total. The molecule has 5 aromatic rings. The minimum absolute atomic E-state index is 0.0491. The van der Waals surface area contributed by atoms with Crippen molar-refractivity contribution >= 4 is 51.5 Å². The second-order valence-electron chi connectivity index (χ2n) is 9.54. The van der Waals surface area contributed by atoms with E-state index < -0.39 is 5.82 Å². The molecule has 0 spiro atoms. The van der Waals surface area contributed by atoms with Gasteiger partial charge >= 0.3 is 0 Å². The minimum Gasteiger partial charge on any atom is -0.455 e.